The molecule has 8 nitrogen and oxygen atoms in total. The summed E-state index contributed by atoms with van der Waals surface area (Å²) < 4.78 is 23.4. The fraction of sp³-hybridized carbons (Fsp3) is 0.716. The molecule has 0 aromatic rings. The van der Waals surface area contributed by atoms with Crippen LogP contribution in [-0.2, 0) is 18.4 Å². The number of phosphoric acid groups is 1. The maximum atomic E-state index is 13.0. The summed E-state index contributed by atoms with van der Waals surface area (Å²) in [4.78, 5) is 25.6. The molecular weight excluding hydrogens is 1040 g/mol. The third-order valence-electron chi connectivity index (χ3n) is 14.9. The lowest BCUT2D eigenvalue weighted by Gasteiger charge is -2.29. The first kappa shape index (κ1) is 79.9. The highest BCUT2D eigenvalue weighted by Gasteiger charge is 2.23. The first-order chi connectivity index (χ1) is 40.5. The first-order valence-electron chi connectivity index (χ1n) is 34.4. The quantitative estimate of drug-likeness (QED) is 0.0272. The SMILES string of the molecule is CC/C=C\C/C=C\C/C=C\C/C=C\C/C=C\C/C=C\C/C=C\C/C=C\CCCCCCCCCCCCCCC(=O)NC(COP(=O)([O-])OCC[N+](C)(C)C)C(O)/C=C/CC/C=C/CCCCCCCCCCCCCCCCCCCC. The molecule has 1 amide bonds. The van der Waals surface area contributed by atoms with E-state index in [0.717, 1.165) is 89.9 Å². The number of likely N-dealkylation sites (N-methyl/N-ethyl adjacent to an activating group) is 1. The number of carbonyl (C=O) groups excluding carboxylic acids is 1. The number of phosphoric ester groups is 1. The summed E-state index contributed by atoms with van der Waals surface area (Å²) in [6.45, 7) is 4.53. The van der Waals surface area contributed by atoms with E-state index in [-0.39, 0.29) is 12.5 Å². The molecule has 0 rings (SSSR count). The van der Waals surface area contributed by atoms with Crippen LogP contribution in [0.15, 0.2) is 122 Å². The van der Waals surface area contributed by atoms with Crippen molar-refractivity contribution >= 4 is 13.7 Å². The second-order valence-electron chi connectivity index (χ2n) is 24.1. The number of aliphatic hydroxyl groups is 1. The van der Waals surface area contributed by atoms with Gasteiger partial charge in [0.2, 0.25) is 5.91 Å². The molecule has 0 fully saturated rings. The first-order valence-corrected chi connectivity index (χ1v) is 35.9. The summed E-state index contributed by atoms with van der Waals surface area (Å²) in [5.74, 6) is -0.211. The Bertz CT molecular complexity index is 1770. The van der Waals surface area contributed by atoms with Crippen molar-refractivity contribution in [2.45, 2.75) is 302 Å². The van der Waals surface area contributed by atoms with Crippen LogP contribution in [0.1, 0.15) is 290 Å². The summed E-state index contributed by atoms with van der Waals surface area (Å²) in [6, 6.07) is -0.913. The highest BCUT2D eigenvalue weighted by molar-refractivity contribution is 7.45. The Kier molecular flexibility index (Phi) is 61.0. The van der Waals surface area contributed by atoms with E-state index in [4.69, 9.17) is 9.05 Å². The summed E-state index contributed by atoms with van der Waals surface area (Å²) in [7, 11) is 1.24. The lowest BCUT2D eigenvalue weighted by Crippen LogP contribution is -2.45. The zero-order chi connectivity index (χ0) is 60.5. The summed E-state index contributed by atoms with van der Waals surface area (Å²) in [5.41, 5.74) is 0. The number of nitrogens with one attached hydrogen (secondary N) is 1. The molecule has 0 spiro atoms. The van der Waals surface area contributed by atoms with Crippen molar-refractivity contribution < 1.29 is 32.9 Å². The van der Waals surface area contributed by atoms with E-state index in [1.807, 2.05) is 27.2 Å². The van der Waals surface area contributed by atoms with Crippen LogP contribution in [0, 0.1) is 0 Å². The maximum absolute atomic E-state index is 13.0. The van der Waals surface area contributed by atoms with Crippen LogP contribution in [0.2, 0.25) is 0 Å². The topological polar surface area (TPSA) is 108 Å². The Labute approximate surface area is 514 Å². The average Bonchev–Trinajstić information content (AvgIpc) is 3.50. The third kappa shape index (κ3) is 66.3. The molecule has 2 N–H and O–H groups in total. The van der Waals surface area contributed by atoms with E-state index in [1.165, 1.54) is 180 Å². The number of hydrogen-bond donors (Lipinski definition) is 2. The Balaban J connectivity index is 4.14. The van der Waals surface area contributed by atoms with Crippen molar-refractivity contribution in [3.05, 3.63) is 122 Å². The van der Waals surface area contributed by atoms with Crippen LogP contribution >= 0.6 is 7.82 Å². The Morgan fingerprint density at radius 1 is 0.434 bits per heavy atom. The van der Waals surface area contributed by atoms with Crippen LogP contribution in [0.4, 0.5) is 0 Å². The van der Waals surface area contributed by atoms with Crippen molar-refractivity contribution in [3.63, 3.8) is 0 Å². The molecule has 83 heavy (non-hydrogen) atoms. The molecule has 3 unspecified atom stereocenters. The van der Waals surface area contributed by atoms with Gasteiger partial charge >= 0.3 is 0 Å². The van der Waals surface area contributed by atoms with E-state index in [2.05, 4.69) is 129 Å². The molecule has 3 atom stereocenters. The molecule has 0 aliphatic heterocycles. The Morgan fingerprint density at radius 3 is 1.12 bits per heavy atom. The molecule has 0 saturated heterocycles. The number of quaternary nitrogens is 1. The molecule has 0 aromatic heterocycles. The van der Waals surface area contributed by atoms with E-state index < -0.39 is 26.6 Å². The number of amides is 1. The molecule has 0 aliphatic rings. The van der Waals surface area contributed by atoms with Crippen LogP contribution in [-0.4, -0.2) is 68.5 Å². The van der Waals surface area contributed by atoms with Gasteiger partial charge in [0.05, 0.1) is 39.9 Å². The molecule has 0 bridgehead atoms. The van der Waals surface area contributed by atoms with E-state index >= 15 is 0 Å². The van der Waals surface area contributed by atoms with Gasteiger partial charge < -0.3 is 28.8 Å². The fourth-order valence-electron chi connectivity index (χ4n) is 9.60. The number of allylic oxidation sites excluding steroid dienone is 19. The van der Waals surface area contributed by atoms with Crippen molar-refractivity contribution in [3.8, 4) is 0 Å². The van der Waals surface area contributed by atoms with Crippen molar-refractivity contribution in [2.75, 3.05) is 40.9 Å². The normalized spacial score (nSPS) is 14.4. The zero-order valence-electron chi connectivity index (χ0n) is 54.6. The Morgan fingerprint density at radius 2 is 0.747 bits per heavy atom. The van der Waals surface area contributed by atoms with E-state index in [1.54, 1.807) is 6.08 Å². The van der Waals surface area contributed by atoms with Crippen LogP contribution in [0.25, 0.3) is 0 Å². The molecule has 0 radical (unpaired) electrons. The van der Waals surface area contributed by atoms with Crippen molar-refractivity contribution in [1.29, 1.82) is 0 Å². The molecule has 478 valence electrons. The van der Waals surface area contributed by atoms with Gasteiger partial charge in [-0.15, -0.1) is 0 Å². The molecule has 0 saturated carbocycles. The highest BCUT2D eigenvalue weighted by atomic mass is 31.2. The van der Waals surface area contributed by atoms with Gasteiger partial charge in [-0.2, -0.15) is 0 Å². The second-order valence-corrected chi connectivity index (χ2v) is 25.6. The fourth-order valence-corrected chi connectivity index (χ4v) is 10.3. The molecule has 0 heterocycles. The number of carbonyl (C=O) groups is 1. The molecule has 0 aromatic carbocycles. The van der Waals surface area contributed by atoms with E-state index in [9.17, 15) is 19.4 Å². The number of hydrogen-bond acceptors (Lipinski definition) is 6. The lowest BCUT2D eigenvalue weighted by atomic mass is 10.0. The minimum atomic E-state index is -4.62. The van der Waals surface area contributed by atoms with Crippen LogP contribution in [0.3, 0.4) is 0 Å². The molecular formula is C74H131N2O6P. The predicted molar refractivity (Wildman–Crippen MR) is 362 cm³/mol. The number of aliphatic hydroxyl groups excluding tert-OH is 1. The lowest BCUT2D eigenvalue weighted by molar-refractivity contribution is -0.870. The van der Waals surface area contributed by atoms with Gasteiger partial charge in [0.1, 0.15) is 13.2 Å². The third-order valence-corrected chi connectivity index (χ3v) is 15.9. The molecule has 0 aliphatic carbocycles. The zero-order valence-corrected chi connectivity index (χ0v) is 55.5. The Hall–Kier alpha value is -3.10. The summed E-state index contributed by atoms with van der Waals surface area (Å²) >= 11 is 0. The summed E-state index contributed by atoms with van der Waals surface area (Å²) in [6.07, 6.45) is 94.5. The predicted octanol–water partition coefficient (Wildman–Crippen LogP) is 21.4. The second kappa shape index (κ2) is 63.4. The van der Waals surface area contributed by atoms with Gasteiger partial charge in [-0.3, -0.25) is 9.36 Å². The largest absolute Gasteiger partial charge is 0.756 e. The smallest absolute Gasteiger partial charge is 0.268 e. The van der Waals surface area contributed by atoms with Gasteiger partial charge in [-0.05, 0) is 96.3 Å². The van der Waals surface area contributed by atoms with Gasteiger partial charge in [0.15, 0.2) is 0 Å². The van der Waals surface area contributed by atoms with Crippen LogP contribution in [0.5, 0.6) is 0 Å². The standard InChI is InChI=1S/C74H131N2O6P/c1-6-8-10-12-14-16-18-20-22-24-26-28-30-32-33-34-35-36-37-38-39-40-41-42-43-44-46-48-50-52-54-56-58-60-62-64-66-68-74(78)75-72(71-82-83(79,80)81-70-69-76(3,4)5)73(77)67-65-63-61-59-57-55-53-51-49-47-45-31-29-27-25-23-21-19-17-15-13-11-9-7-2/h8,10,14,16,20,22,26,28,32-33,35-36,38-39,41-42,57,59,65,67,72-73,77H,6-7,9,11-13,15,17-19,21,23-25,27,29-31,34,37,40,43-56,58,60-64,66,68-71H2,1-5H3,(H-,75,78,79,80)/b10-8-,16-14-,22-20-,28-26-,33-32-,36-35-,39-38-,42-41-,59-57+,67-65+. The minimum Gasteiger partial charge on any atom is -0.756 e. The minimum absolute atomic E-state index is 0.0113. The molecule has 9 heteroatoms. The van der Waals surface area contributed by atoms with Crippen molar-refractivity contribution in [1.82, 2.24) is 5.32 Å². The van der Waals surface area contributed by atoms with Gasteiger partial charge in [0, 0.05) is 6.42 Å². The number of nitrogens with zero attached hydrogens (tertiary/aromatic N) is 1. The van der Waals surface area contributed by atoms with Gasteiger partial charge in [0.25, 0.3) is 7.82 Å². The average molecular weight is 1180 g/mol. The number of unbranched alkanes of at least 4 members (excludes halogenated alkanes) is 31. The van der Waals surface area contributed by atoms with E-state index in [0.29, 0.717) is 17.4 Å². The van der Waals surface area contributed by atoms with Crippen LogP contribution < -0.4 is 10.2 Å². The van der Waals surface area contributed by atoms with Crippen molar-refractivity contribution in [2.24, 2.45) is 0 Å². The number of rotatable bonds is 62. The monoisotopic (exact) mass is 1170 g/mol. The summed E-state index contributed by atoms with van der Waals surface area (Å²) in [5, 5.41) is 13.9. The van der Waals surface area contributed by atoms with Gasteiger partial charge in [-0.25, -0.2) is 0 Å². The maximum Gasteiger partial charge on any atom is 0.268 e. The highest BCUT2D eigenvalue weighted by Crippen LogP contribution is 2.38. The van der Waals surface area contributed by atoms with Gasteiger partial charge in [-0.1, -0.05) is 309 Å².